The molecule has 1 aromatic carbocycles. The molecule has 2 heterocycles. The number of anilines is 1. The van der Waals surface area contributed by atoms with Crippen molar-refractivity contribution in [3.05, 3.63) is 41.3 Å². The average molecular weight is 343 g/mol. The molecule has 0 fully saturated rings. The van der Waals surface area contributed by atoms with E-state index < -0.39 is 35.0 Å². The van der Waals surface area contributed by atoms with E-state index in [0.29, 0.717) is 0 Å². The van der Waals surface area contributed by atoms with Gasteiger partial charge in [0.05, 0.1) is 5.69 Å². The molecule has 0 saturated heterocycles. The van der Waals surface area contributed by atoms with E-state index in [0.717, 1.165) is 16.8 Å². The second kappa shape index (κ2) is 5.78. The van der Waals surface area contributed by atoms with E-state index in [1.165, 1.54) is 12.1 Å². The third-order valence-corrected chi connectivity index (χ3v) is 3.52. The van der Waals surface area contributed by atoms with Gasteiger partial charge in [0.2, 0.25) is 5.62 Å². The highest BCUT2D eigenvalue weighted by Gasteiger charge is 2.41. The van der Waals surface area contributed by atoms with Crippen molar-refractivity contribution < 1.29 is 22.7 Å². The number of benzene rings is 1. The lowest BCUT2D eigenvalue weighted by atomic mass is 10.1. The molecule has 3 rings (SSSR count). The van der Waals surface area contributed by atoms with Crippen molar-refractivity contribution in [2.75, 3.05) is 17.3 Å². The third-order valence-electron chi connectivity index (χ3n) is 3.52. The first-order valence-electron chi connectivity index (χ1n) is 7.00. The zero-order valence-electron chi connectivity index (χ0n) is 12.2. The minimum absolute atomic E-state index is 0.0772. The topological polar surface area (TPSA) is 86.0 Å². The number of fused-ring (bicyclic) bond motifs is 1. The van der Waals surface area contributed by atoms with Crippen molar-refractivity contribution in [1.29, 1.82) is 5.41 Å². The Morgan fingerprint density at radius 1 is 1.33 bits per heavy atom. The Balaban J connectivity index is 2.24. The molecule has 2 aromatic rings. The van der Waals surface area contributed by atoms with Gasteiger partial charge in [0.25, 0.3) is 0 Å². The first kappa shape index (κ1) is 16.2. The summed E-state index contributed by atoms with van der Waals surface area (Å²) in [7, 11) is 0. The zero-order chi connectivity index (χ0) is 17.5. The van der Waals surface area contributed by atoms with Crippen LogP contribution in [0.5, 0.6) is 0 Å². The fraction of sp³-hybridized carbons (Fsp3) is 0.286. The fourth-order valence-electron chi connectivity index (χ4n) is 2.54. The van der Waals surface area contributed by atoms with E-state index in [4.69, 9.17) is 10.5 Å². The Morgan fingerprint density at radius 2 is 2.08 bits per heavy atom. The highest BCUT2D eigenvalue weighted by molar-refractivity contribution is 5.70. The molecule has 4 N–H and O–H groups in total. The molecule has 0 aliphatic carbocycles. The third kappa shape index (κ3) is 2.80. The van der Waals surface area contributed by atoms with Crippen LogP contribution in [0.1, 0.15) is 12.0 Å². The first-order chi connectivity index (χ1) is 11.3. The smallest absolute Gasteiger partial charge is 0.396 e. The molecule has 1 aliphatic heterocycles. The SMILES string of the molecule is N=c1nc(-c2cccc(F)c2)c(C(F)(F)F)c2n1NC(CCO)N2. The Hall–Kier alpha value is -2.62. The van der Waals surface area contributed by atoms with E-state index in [-0.39, 0.29) is 24.4 Å². The molecule has 1 aromatic heterocycles. The number of aliphatic hydroxyl groups excluding tert-OH is 1. The van der Waals surface area contributed by atoms with Gasteiger partial charge in [0.15, 0.2) is 0 Å². The average Bonchev–Trinajstić information content (AvgIpc) is 2.90. The molecular formula is C14H13F4N5O. The maximum absolute atomic E-state index is 13.6. The van der Waals surface area contributed by atoms with Gasteiger partial charge in [-0.1, -0.05) is 12.1 Å². The van der Waals surface area contributed by atoms with Crippen LogP contribution < -0.4 is 16.4 Å². The van der Waals surface area contributed by atoms with Gasteiger partial charge < -0.3 is 10.4 Å². The summed E-state index contributed by atoms with van der Waals surface area (Å²) in [5.74, 6) is -1.09. The lowest BCUT2D eigenvalue weighted by molar-refractivity contribution is -0.136. The zero-order valence-corrected chi connectivity index (χ0v) is 12.2. The van der Waals surface area contributed by atoms with Crippen molar-refractivity contribution in [1.82, 2.24) is 9.66 Å². The summed E-state index contributed by atoms with van der Waals surface area (Å²) in [5, 5.41) is 19.4. The summed E-state index contributed by atoms with van der Waals surface area (Å²) in [6.07, 6.45) is -5.32. The Morgan fingerprint density at radius 3 is 2.71 bits per heavy atom. The molecule has 1 aliphatic rings. The van der Waals surface area contributed by atoms with Crippen molar-refractivity contribution in [2.24, 2.45) is 0 Å². The van der Waals surface area contributed by atoms with Crippen LogP contribution in [0.2, 0.25) is 0 Å². The summed E-state index contributed by atoms with van der Waals surface area (Å²) in [4.78, 5) is 3.70. The molecule has 0 bridgehead atoms. The largest absolute Gasteiger partial charge is 0.422 e. The van der Waals surface area contributed by atoms with Crippen molar-refractivity contribution >= 4 is 5.82 Å². The summed E-state index contributed by atoms with van der Waals surface area (Å²) >= 11 is 0. The lowest BCUT2D eigenvalue weighted by Crippen LogP contribution is -2.33. The highest BCUT2D eigenvalue weighted by Crippen LogP contribution is 2.41. The van der Waals surface area contributed by atoms with Crippen LogP contribution in [0.25, 0.3) is 11.3 Å². The Kier molecular flexibility index (Phi) is 3.91. The van der Waals surface area contributed by atoms with Crippen LogP contribution in [0.3, 0.4) is 0 Å². The predicted molar refractivity (Wildman–Crippen MR) is 77.0 cm³/mol. The number of halogens is 4. The first-order valence-corrected chi connectivity index (χ1v) is 7.00. The molecule has 6 nitrogen and oxygen atoms in total. The summed E-state index contributed by atoms with van der Waals surface area (Å²) < 4.78 is 55.1. The van der Waals surface area contributed by atoms with Crippen LogP contribution in [0.4, 0.5) is 23.4 Å². The Labute approximate surface area is 133 Å². The minimum atomic E-state index is -4.78. The second-order valence-electron chi connectivity index (χ2n) is 5.19. The molecule has 1 unspecified atom stereocenters. The Bertz CT molecular complexity index is 833. The van der Waals surface area contributed by atoms with Gasteiger partial charge in [-0.3, -0.25) is 10.8 Å². The van der Waals surface area contributed by atoms with Gasteiger partial charge in [-0.15, -0.1) is 0 Å². The van der Waals surface area contributed by atoms with Crippen molar-refractivity contribution in [3.8, 4) is 11.3 Å². The van der Waals surface area contributed by atoms with Crippen LogP contribution >= 0.6 is 0 Å². The number of hydrogen-bond donors (Lipinski definition) is 4. The number of nitrogens with zero attached hydrogens (tertiary/aromatic N) is 2. The van der Waals surface area contributed by atoms with Gasteiger partial charge in [-0.2, -0.15) is 13.2 Å². The molecule has 1 atom stereocenters. The van der Waals surface area contributed by atoms with Gasteiger partial charge in [-0.05, 0) is 12.1 Å². The monoisotopic (exact) mass is 343 g/mol. The molecule has 10 heteroatoms. The molecule has 0 spiro atoms. The summed E-state index contributed by atoms with van der Waals surface area (Å²) in [6, 6.07) is 4.61. The van der Waals surface area contributed by atoms with Gasteiger partial charge >= 0.3 is 6.18 Å². The number of hydrogen-bond acceptors (Lipinski definition) is 5. The predicted octanol–water partition coefficient (Wildman–Crippen LogP) is 1.86. The van der Waals surface area contributed by atoms with E-state index >= 15 is 0 Å². The molecule has 128 valence electrons. The standard InChI is InChI=1S/C14H13F4N5O/c15-8-3-1-2-7(6-8)11-10(14(16,17)18)12-20-9(4-5-24)22-23(12)13(19)21-11/h1-3,6,9,19-20,22,24H,4-5H2. The molecular weight excluding hydrogens is 330 g/mol. The van der Waals surface area contributed by atoms with Crippen molar-refractivity contribution in [2.45, 2.75) is 18.8 Å². The van der Waals surface area contributed by atoms with Gasteiger partial charge in [0, 0.05) is 18.6 Å². The second-order valence-corrected chi connectivity index (χ2v) is 5.19. The number of nitrogens with one attached hydrogen (secondary N) is 3. The van der Waals surface area contributed by atoms with Crippen molar-refractivity contribution in [3.63, 3.8) is 0 Å². The maximum atomic E-state index is 13.6. The maximum Gasteiger partial charge on any atom is 0.422 e. The fourth-order valence-corrected chi connectivity index (χ4v) is 2.54. The lowest BCUT2D eigenvalue weighted by Gasteiger charge is -2.16. The normalized spacial score (nSPS) is 16.5. The highest BCUT2D eigenvalue weighted by atomic mass is 19.4. The van der Waals surface area contributed by atoms with E-state index in [1.54, 1.807) is 0 Å². The molecule has 0 radical (unpaired) electrons. The summed E-state index contributed by atoms with van der Waals surface area (Å²) in [6.45, 7) is -0.252. The van der Waals surface area contributed by atoms with E-state index in [1.807, 2.05) is 0 Å². The number of alkyl halides is 3. The quantitative estimate of drug-likeness (QED) is 0.641. The van der Waals surface area contributed by atoms with E-state index in [9.17, 15) is 17.6 Å². The van der Waals surface area contributed by atoms with Gasteiger partial charge in [0.1, 0.15) is 23.4 Å². The van der Waals surface area contributed by atoms with Crippen LogP contribution in [0.15, 0.2) is 24.3 Å². The molecule has 0 saturated carbocycles. The van der Waals surface area contributed by atoms with Crippen LogP contribution in [-0.2, 0) is 6.18 Å². The van der Waals surface area contributed by atoms with Gasteiger partial charge in [-0.25, -0.2) is 14.1 Å². The van der Waals surface area contributed by atoms with E-state index in [2.05, 4.69) is 15.7 Å². The molecule has 0 amide bonds. The number of aliphatic hydroxyl groups is 1. The summed E-state index contributed by atoms with van der Waals surface area (Å²) in [5.41, 5.74) is 0.453. The van der Waals surface area contributed by atoms with Crippen LogP contribution in [0, 0.1) is 11.2 Å². The number of aromatic nitrogens is 2. The minimum Gasteiger partial charge on any atom is -0.396 e. The van der Waals surface area contributed by atoms with Crippen LogP contribution in [-0.4, -0.2) is 27.5 Å². The number of rotatable bonds is 3. The molecule has 24 heavy (non-hydrogen) atoms.